The molecule has 1 aromatic rings. The second-order valence-corrected chi connectivity index (χ2v) is 2.45. The number of hydrogen-bond donors (Lipinski definition) is 0. The fourth-order valence-electron chi connectivity index (χ4n) is 0.931. The molecule has 0 atom stereocenters. The average molecular weight is 217 g/mol. The zero-order valence-corrected chi connectivity index (χ0v) is 7.67. The predicted molar refractivity (Wildman–Crippen MR) is 42.9 cm³/mol. The molecule has 0 spiro atoms. The van der Waals surface area contributed by atoms with E-state index in [1.807, 2.05) is 0 Å². The summed E-state index contributed by atoms with van der Waals surface area (Å²) in [5.74, 6) is -0.345. The molecule has 0 saturated carbocycles. The van der Waals surface area contributed by atoms with Crippen molar-refractivity contribution in [3.8, 4) is 11.9 Å². The van der Waals surface area contributed by atoms with Crippen molar-refractivity contribution >= 4 is 0 Å². The molecular formula is C8H6F3N3O. The molecule has 0 aromatic carbocycles. The molecule has 0 aliphatic rings. The van der Waals surface area contributed by atoms with Gasteiger partial charge in [-0.2, -0.15) is 18.4 Å². The average Bonchev–Trinajstić information content (AvgIpc) is 2.16. The summed E-state index contributed by atoms with van der Waals surface area (Å²) >= 11 is 0. The van der Waals surface area contributed by atoms with Crippen molar-refractivity contribution in [1.29, 1.82) is 5.26 Å². The van der Waals surface area contributed by atoms with Gasteiger partial charge in [-0.25, -0.2) is 9.97 Å². The third kappa shape index (κ3) is 2.34. The lowest BCUT2D eigenvalue weighted by Crippen LogP contribution is -2.13. The molecule has 0 bridgehead atoms. The molecule has 0 saturated heterocycles. The van der Waals surface area contributed by atoms with Crippen LogP contribution in [0.3, 0.4) is 0 Å². The Morgan fingerprint density at radius 2 is 2.13 bits per heavy atom. The van der Waals surface area contributed by atoms with Crippen molar-refractivity contribution in [2.45, 2.75) is 13.1 Å². The minimum Gasteiger partial charge on any atom is -0.477 e. The van der Waals surface area contributed by atoms with Crippen LogP contribution < -0.4 is 4.74 Å². The fourth-order valence-corrected chi connectivity index (χ4v) is 0.931. The fraction of sp³-hybridized carbons (Fsp3) is 0.375. The van der Waals surface area contributed by atoms with Gasteiger partial charge in [-0.15, -0.1) is 0 Å². The van der Waals surface area contributed by atoms with Gasteiger partial charge in [0.1, 0.15) is 18.0 Å². The van der Waals surface area contributed by atoms with Gasteiger partial charge in [-0.3, -0.25) is 0 Å². The van der Waals surface area contributed by atoms with E-state index in [9.17, 15) is 13.2 Å². The third-order valence-corrected chi connectivity index (χ3v) is 1.47. The van der Waals surface area contributed by atoms with Gasteiger partial charge in [0, 0.05) is 0 Å². The number of alkyl halides is 3. The molecule has 1 rings (SSSR count). The number of ether oxygens (including phenoxy) is 1. The Labute approximate surface area is 83.3 Å². The Bertz CT molecular complexity index is 397. The zero-order chi connectivity index (χ0) is 11.5. The highest BCUT2D eigenvalue weighted by atomic mass is 19.4. The van der Waals surface area contributed by atoms with Gasteiger partial charge in [0.2, 0.25) is 5.88 Å². The predicted octanol–water partition coefficient (Wildman–Crippen LogP) is 1.77. The highest BCUT2D eigenvalue weighted by molar-refractivity contribution is 5.42. The first-order valence-corrected chi connectivity index (χ1v) is 3.95. The Hall–Kier alpha value is -1.84. The van der Waals surface area contributed by atoms with Crippen molar-refractivity contribution in [3.63, 3.8) is 0 Å². The highest BCUT2D eigenvalue weighted by Gasteiger charge is 2.37. The van der Waals surface area contributed by atoms with Crippen LogP contribution in [0.25, 0.3) is 0 Å². The molecule has 4 nitrogen and oxygen atoms in total. The first kappa shape index (κ1) is 11.2. The van der Waals surface area contributed by atoms with Crippen molar-refractivity contribution < 1.29 is 17.9 Å². The van der Waals surface area contributed by atoms with Crippen molar-refractivity contribution in [2.75, 3.05) is 6.61 Å². The maximum absolute atomic E-state index is 12.4. The number of aromatic nitrogens is 2. The van der Waals surface area contributed by atoms with E-state index in [-0.39, 0.29) is 12.5 Å². The molecule has 0 N–H and O–H groups in total. The molecule has 0 radical (unpaired) electrons. The molecule has 0 fully saturated rings. The van der Waals surface area contributed by atoms with E-state index in [1.165, 1.54) is 6.07 Å². The zero-order valence-electron chi connectivity index (χ0n) is 7.67. The van der Waals surface area contributed by atoms with E-state index in [0.29, 0.717) is 6.33 Å². The van der Waals surface area contributed by atoms with Gasteiger partial charge in [0.05, 0.1) is 6.61 Å². The lowest BCUT2D eigenvalue weighted by atomic mass is 10.2. The smallest absolute Gasteiger partial charge is 0.434 e. The summed E-state index contributed by atoms with van der Waals surface area (Å²) < 4.78 is 41.9. The molecule has 0 aliphatic heterocycles. The van der Waals surface area contributed by atoms with Gasteiger partial charge in [0.25, 0.3) is 0 Å². The van der Waals surface area contributed by atoms with E-state index in [1.54, 1.807) is 6.92 Å². The second kappa shape index (κ2) is 4.13. The van der Waals surface area contributed by atoms with E-state index >= 15 is 0 Å². The van der Waals surface area contributed by atoms with E-state index in [4.69, 9.17) is 10.00 Å². The van der Waals surface area contributed by atoms with Crippen LogP contribution in [-0.4, -0.2) is 16.6 Å². The molecule has 80 valence electrons. The molecule has 0 aliphatic carbocycles. The van der Waals surface area contributed by atoms with Crippen LogP contribution in [0.5, 0.6) is 5.88 Å². The standard InChI is InChI=1S/C8H6F3N3O/c1-2-15-7-5(3-12)6(8(9,10)11)13-4-14-7/h4H,2H2,1H3. The molecule has 0 amide bonds. The van der Waals surface area contributed by atoms with Gasteiger partial charge in [0.15, 0.2) is 5.69 Å². The van der Waals surface area contributed by atoms with Crippen molar-refractivity contribution in [1.82, 2.24) is 9.97 Å². The van der Waals surface area contributed by atoms with Gasteiger partial charge in [-0.05, 0) is 6.92 Å². The number of nitrogens with zero attached hydrogens (tertiary/aromatic N) is 3. The van der Waals surface area contributed by atoms with Crippen LogP contribution in [0, 0.1) is 11.3 Å². The Balaban J connectivity index is 3.30. The molecule has 1 aromatic heterocycles. The minimum absolute atomic E-state index is 0.128. The van der Waals surface area contributed by atoms with Gasteiger partial charge >= 0.3 is 6.18 Å². The Morgan fingerprint density at radius 3 is 2.60 bits per heavy atom. The topological polar surface area (TPSA) is 58.8 Å². The maximum atomic E-state index is 12.4. The number of hydrogen-bond acceptors (Lipinski definition) is 4. The maximum Gasteiger partial charge on any atom is 0.434 e. The van der Waals surface area contributed by atoms with Crippen LogP contribution >= 0.6 is 0 Å². The summed E-state index contributed by atoms with van der Waals surface area (Å²) in [6.45, 7) is 1.71. The summed E-state index contributed by atoms with van der Waals surface area (Å²) in [7, 11) is 0. The molecule has 7 heteroatoms. The molecule has 15 heavy (non-hydrogen) atoms. The van der Waals surface area contributed by atoms with E-state index < -0.39 is 17.4 Å². The summed E-state index contributed by atoms with van der Waals surface area (Å²) in [4.78, 5) is 6.48. The van der Waals surface area contributed by atoms with Crippen molar-refractivity contribution in [2.24, 2.45) is 0 Å². The minimum atomic E-state index is -4.68. The van der Waals surface area contributed by atoms with Gasteiger partial charge in [-0.1, -0.05) is 0 Å². The van der Waals surface area contributed by atoms with Crippen LogP contribution in [-0.2, 0) is 6.18 Å². The highest BCUT2D eigenvalue weighted by Crippen LogP contribution is 2.32. The summed E-state index contributed by atoms with van der Waals surface area (Å²) in [6, 6.07) is 1.39. The summed E-state index contributed by atoms with van der Waals surface area (Å²) in [6.07, 6.45) is -3.96. The largest absolute Gasteiger partial charge is 0.477 e. The SMILES string of the molecule is CCOc1ncnc(C(F)(F)F)c1C#N. The third-order valence-electron chi connectivity index (χ3n) is 1.47. The van der Waals surface area contributed by atoms with Crippen molar-refractivity contribution in [3.05, 3.63) is 17.6 Å². The quantitative estimate of drug-likeness (QED) is 0.757. The Kier molecular flexibility index (Phi) is 3.09. The first-order chi connectivity index (χ1) is 7.00. The summed E-state index contributed by atoms with van der Waals surface area (Å²) in [5, 5.41) is 8.58. The number of nitriles is 1. The van der Waals surface area contributed by atoms with Crippen LogP contribution in [0.2, 0.25) is 0 Å². The molecule has 0 unspecified atom stereocenters. The van der Waals surface area contributed by atoms with Crippen LogP contribution in [0.4, 0.5) is 13.2 Å². The Morgan fingerprint density at radius 1 is 1.47 bits per heavy atom. The van der Waals surface area contributed by atoms with E-state index in [2.05, 4.69) is 9.97 Å². The number of rotatable bonds is 2. The lowest BCUT2D eigenvalue weighted by molar-refractivity contribution is -0.141. The number of halogens is 3. The van der Waals surface area contributed by atoms with Crippen LogP contribution in [0.1, 0.15) is 18.2 Å². The second-order valence-electron chi connectivity index (χ2n) is 2.45. The molecular weight excluding hydrogens is 211 g/mol. The monoisotopic (exact) mass is 217 g/mol. The summed E-state index contributed by atoms with van der Waals surface area (Å²) in [5.41, 5.74) is -1.96. The normalized spacial score (nSPS) is 10.9. The first-order valence-electron chi connectivity index (χ1n) is 3.95. The van der Waals surface area contributed by atoms with Gasteiger partial charge < -0.3 is 4.74 Å². The van der Waals surface area contributed by atoms with E-state index in [0.717, 1.165) is 0 Å². The van der Waals surface area contributed by atoms with Crippen LogP contribution in [0.15, 0.2) is 6.33 Å². The lowest BCUT2D eigenvalue weighted by Gasteiger charge is -2.09. The molecule has 1 heterocycles.